The quantitative estimate of drug-likeness (QED) is 0.593. The Kier molecular flexibility index (Phi) is 3.00. The molecule has 2 rings (SSSR count). The summed E-state index contributed by atoms with van der Waals surface area (Å²) in [6.07, 6.45) is 5.03. The number of hydrogen-bond acceptors (Lipinski definition) is 4. The SMILES string of the molecule is CN=C(N)c1cc(-c2cccnc2)ncc1N. The van der Waals surface area contributed by atoms with E-state index in [0.717, 1.165) is 11.3 Å². The first-order chi connectivity index (χ1) is 8.22. The third-order valence-corrected chi connectivity index (χ3v) is 2.41. The van der Waals surface area contributed by atoms with Crippen molar-refractivity contribution < 1.29 is 0 Å². The number of rotatable bonds is 2. The molecule has 0 aliphatic rings. The monoisotopic (exact) mass is 227 g/mol. The number of nitrogens with zero attached hydrogens (tertiary/aromatic N) is 3. The lowest BCUT2D eigenvalue weighted by atomic mass is 10.1. The molecule has 0 saturated carbocycles. The lowest BCUT2D eigenvalue weighted by Gasteiger charge is -2.07. The van der Waals surface area contributed by atoms with Gasteiger partial charge >= 0.3 is 0 Å². The summed E-state index contributed by atoms with van der Waals surface area (Å²) in [6.45, 7) is 0. The Morgan fingerprint density at radius 2 is 2.18 bits per heavy atom. The number of nitrogens with two attached hydrogens (primary N) is 2. The van der Waals surface area contributed by atoms with E-state index in [0.29, 0.717) is 17.1 Å². The van der Waals surface area contributed by atoms with E-state index in [9.17, 15) is 0 Å². The summed E-state index contributed by atoms with van der Waals surface area (Å²) < 4.78 is 0. The Hall–Kier alpha value is -2.43. The first kappa shape index (κ1) is 11.1. The number of hydrogen-bond donors (Lipinski definition) is 2. The molecule has 0 spiro atoms. The number of aliphatic imine (C=N–C) groups is 1. The van der Waals surface area contributed by atoms with Gasteiger partial charge in [-0.05, 0) is 18.2 Å². The second-order valence-electron chi connectivity index (χ2n) is 3.51. The first-order valence-electron chi connectivity index (χ1n) is 5.11. The second-order valence-corrected chi connectivity index (χ2v) is 3.51. The summed E-state index contributed by atoms with van der Waals surface area (Å²) in [5.74, 6) is 0.398. The molecular weight excluding hydrogens is 214 g/mol. The maximum atomic E-state index is 5.81. The third kappa shape index (κ3) is 2.23. The van der Waals surface area contributed by atoms with Gasteiger partial charge in [0.15, 0.2) is 0 Å². The van der Waals surface area contributed by atoms with E-state index in [-0.39, 0.29) is 0 Å². The Labute approximate surface area is 99.2 Å². The predicted octanol–water partition coefficient (Wildman–Crippen LogP) is 1.06. The van der Waals surface area contributed by atoms with Gasteiger partial charge in [-0.25, -0.2) is 0 Å². The summed E-state index contributed by atoms with van der Waals surface area (Å²) in [5, 5.41) is 0. The van der Waals surface area contributed by atoms with Gasteiger partial charge in [-0.2, -0.15) is 0 Å². The van der Waals surface area contributed by atoms with Crippen molar-refractivity contribution in [1.29, 1.82) is 0 Å². The van der Waals surface area contributed by atoms with E-state index < -0.39 is 0 Å². The van der Waals surface area contributed by atoms with Gasteiger partial charge in [0.05, 0.1) is 17.6 Å². The van der Waals surface area contributed by atoms with Gasteiger partial charge in [0, 0.05) is 30.6 Å². The molecule has 86 valence electrons. The molecule has 2 aromatic rings. The van der Waals surface area contributed by atoms with E-state index in [4.69, 9.17) is 11.5 Å². The minimum Gasteiger partial charge on any atom is -0.397 e. The van der Waals surface area contributed by atoms with E-state index in [1.54, 1.807) is 25.6 Å². The fourth-order valence-corrected chi connectivity index (χ4v) is 1.48. The highest BCUT2D eigenvalue weighted by Crippen LogP contribution is 2.19. The van der Waals surface area contributed by atoms with Crippen molar-refractivity contribution in [2.24, 2.45) is 10.7 Å². The third-order valence-electron chi connectivity index (χ3n) is 2.41. The highest BCUT2D eigenvalue weighted by molar-refractivity contribution is 6.02. The minimum atomic E-state index is 0.398. The van der Waals surface area contributed by atoms with E-state index in [1.165, 1.54) is 0 Å². The molecule has 2 aromatic heterocycles. The molecule has 0 aromatic carbocycles. The van der Waals surface area contributed by atoms with Crippen LogP contribution >= 0.6 is 0 Å². The minimum absolute atomic E-state index is 0.398. The zero-order valence-electron chi connectivity index (χ0n) is 9.46. The molecule has 0 bridgehead atoms. The average molecular weight is 227 g/mol. The molecule has 4 N–H and O–H groups in total. The average Bonchev–Trinajstić information content (AvgIpc) is 2.39. The number of anilines is 1. The molecule has 0 atom stereocenters. The molecule has 5 nitrogen and oxygen atoms in total. The highest BCUT2D eigenvalue weighted by Gasteiger charge is 2.07. The van der Waals surface area contributed by atoms with Crippen molar-refractivity contribution in [2.75, 3.05) is 12.8 Å². The molecule has 17 heavy (non-hydrogen) atoms. The maximum absolute atomic E-state index is 5.81. The molecule has 0 aliphatic heterocycles. The van der Waals surface area contributed by atoms with Gasteiger partial charge in [0.1, 0.15) is 5.84 Å². The second kappa shape index (κ2) is 4.61. The lowest BCUT2D eigenvalue weighted by molar-refractivity contribution is 1.27. The zero-order valence-corrected chi connectivity index (χ0v) is 9.46. The van der Waals surface area contributed by atoms with Crippen LogP contribution in [0.5, 0.6) is 0 Å². The van der Waals surface area contributed by atoms with Crippen LogP contribution in [-0.4, -0.2) is 22.9 Å². The Balaban J connectivity index is 2.52. The molecular formula is C12H13N5. The smallest absolute Gasteiger partial charge is 0.127 e. The first-order valence-corrected chi connectivity index (χ1v) is 5.11. The van der Waals surface area contributed by atoms with Crippen LogP contribution < -0.4 is 11.5 Å². The van der Waals surface area contributed by atoms with Crippen LogP contribution in [0.25, 0.3) is 11.3 Å². The molecule has 2 heterocycles. The van der Waals surface area contributed by atoms with Gasteiger partial charge < -0.3 is 11.5 Å². The topological polar surface area (TPSA) is 90.2 Å². The van der Waals surface area contributed by atoms with E-state index in [2.05, 4.69) is 15.0 Å². The van der Waals surface area contributed by atoms with E-state index >= 15 is 0 Å². The molecule has 0 amide bonds. The number of nitrogen functional groups attached to an aromatic ring is 1. The Morgan fingerprint density at radius 3 is 2.82 bits per heavy atom. The van der Waals surface area contributed by atoms with Crippen LogP contribution in [0.1, 0.15) is 5.56 Å². The number of amidine groups is 1. The van der Waals surface area contributed by atoms with Gasteiger partial charge in [0.2, 0.25) is 0 Å². The summed E-state index contributed by atoms with van der Waals surface area (Å²) >= 11 is 0. The van der Waals surface area contributed by atoms with E-state index in [1.807, 2.05) is 18.2 Å². The van der Waals surface area contributed by atoms with Crippen molar-refractivity contribution in [3.05, 3.63) is 42.4 Å². The van der Waals surface area contributed by atoms with Crippen LogP contribution in [0.2, 0.25) is 0 Å². The zero-order chi connectivity index (χ0) is 12.3. The Bertz CT molecular complexity index is 548. The largest absolute Gasteiger partial charge is 0.397 e. The predicted molar refractivity (Wildman–Crippen MR) is 68.5 cm³/mol. The van der Waals surface area contributed by atoms with Crippen LogP contribution in [0.3, 0.4) is 0 Å². The molecule has 0 fully saturated rings. The van der Waals surface area contributed by atoms with Gasteiger partial charge in [0.25, 0.3) is 0 Å². The Morgan fingerprint density at radius 1 is 1.35 bits per heavy atom. The summed E-state index contributed by atoms with van der Waals surface area (Å²) in [5.41, 5.74) is 14.5. The van der Waals surface area contributed by atoms with Crippen LogP contribution in [0.15, 0.2) is 41.8 Å². The number of aromatic nitrogens is 2. The fraction of sp³-hybridized carbons (Fsp3) is 0.0833. The van der Waals surface area contributed by atoms with Gasteiger partial charge in [-0.15, -0.1) is 0 Å². The van der Waals surface area contributed by atoms with Crippen LogP contribution in [-0.2, 0) is 0 Å². The highest BCUT2D eigenvalue weighted by atomic mass is 14.8. The summed E-state index contributed by atoms with van der Waals surface area (Å²) in [6, 6.07) is 5.59. The van der Waals surface area contributed by atoms with Crippen molar-refractivity contribution in [1.82, 2.24) is 9.97 Å². The maximum Gasteiger partial charge on any atom is 0.127 e. The van der Waals surface area contributed by atoms with Crippen LogP contribution in [0, 0.1) is 0 Å². The molecule has 0 saturated heterocycles. The van der Waals surface area contributed by atoms with Crippen molar-refractivity contribution in [3.8, 4) is 11.3 Å². The fourth-order valence-electron chi connectivity index (χ4n) is 1.48. The summed E-state index contributed by atoms with van der Waals surface area (Å²) in [4.78, 5) is 12.2. The molecule has 0 radical (unpaired) electrons. The van der Waals surface area contributed by atoms with Crippen LogP contribution in [0.4, 0.5) is 5.69 Å². The normalized spacial score (nSPS) is 11.5. The van der Waals surface area contributed by atoms with Gasteiger partial charge in [-0.3, -0.25) is 15.0 Å². The number of pyridine rings is 2. The van der Waals surface area contributed by atoms with Crippen molar-refractivity contribution >= 4 is 11.5 Å². The lowest BCUT2D eigenvalue weighted by Crippen LogP contribution is -2.15. The summed E-state index contributed by atoms with van der Waals surface area (Å²) in [7, 11) is 1.62. The standard InChI is InChI=1S/C12H13N5/c1-15-12(14)9-5-11(17-7-10(9)13)8-3-2-4-16-6-8/h2-7H,13H2,1H3,(H2,14,15). The van der Waals surface area contributed by atoms with Gasteiger partial charge in [-0.1, -0.05) is 0 Å². The van der Waals surface area contributed by atoms with Crippen molar-refractivity contribution in [2.45, 2.75) is 0 Å². The molecule has 0 aliphatic carbocycles. The van der Waals surface area contributed by atoms with Crippen molar-refractivity contribution in [3.63, 3.8) is 0 Å². The molecule has 0 unspecified atom stereocenters. The molecule has 5 heteroatoms.